The number of benzene rings is 2. The van der Waals surface area contributed by atoms with Crippen LogP contribution in [0, 0.1) is 0 Å². The Bertz CT molecular complexity index is 1060. The Kier molecular flexibility index (Phi) is 12.6. The molecule has 2 aromatic carbocycles. The standard InChI is InChI=1S/C21H24N2O8S2.O.Tc/c24-18(25)10-22(14-4-2-12(20(28)29)8-16(14)32)6-1-7-23(11-19(26)27)15-5-3-13(21(30)31)9-17(15)33;;/h2-5,8-9,20,28-29,32-33H,1,6-7,10-11H2,(H,24,25)(H,26,27)(H,30,31);;/q;;+4/p-2. The van der Waals surface area contributed by atoms with E-state index in [1.165, 1.54) is 46.2 Å². The second-order valence-electron chi connectivity index (χ2n) is 7.07. The summed E-state index contributed by atoms with van der Waals surface area (Å²) in [5.74, 6) is -3.36. The van der Waals surface area contributed by atoms with Gasteiger partial charge in [-0.1, -0.05) is 18.2 Å². The Hall–Kier alpha value is -2.74. The zero-order chi connectivity index (χ0) is 26.7. The predicted octanol–water partition coefficient (Wildman–Crippen LogP) is 0.931. The van der Waals surface area contributed by atoms with Crippen LogP contribution in [-0.4, -0.2) is 69.6 Å². The molecular formula is C21H22N2O9S2Tc+2. The van der Waals surface area contributed by atoms with Crippen molar-refractivity contribution in [3.63, 3.8) is 0 Å². The van der Waals surface area contributed by atoms with Gasteiger partial charge in [0, 0.05) is 30.0 Å². The molecule has 0 atom stereocenters. The van der Waals surface area contributed by atoms with Gasteiger partial charge in [0.25, 0.3) is 0 Å². The number of carbonyl (C=O) groups is 3. The monoisotopic (exact) mass is 607 g/mol. The molecule has 0 radical (unpaired) electrons. The van der Waals surface area contributed by atoms with Crippen LogP contribution in [0.3, 0.4) is 0 Å². The molecule has 0 aromatic heterocycles. The molecular weight excluding hydrogens is 586 g/mol. The number of aromatic carboxylic acids is 1. The van der Waals surface area contributed by atoms with Gasteiger partial charge < -0.3 is 60.6 Å². The molecule has 11 nitrogen and oxygen atoms in total. The summed E-state index contributed by atoms with van der Waals surface area (Å²) in [4.78, 5) is 37.2. The van der Waals surface area contributed by atoms with E-state index in [2.05, 4.69) is 0 Å². The van der Waals surface area contributed by atoms with Gasteiger partial charge in [0.1, 0.15) is 13.1 Å². The van der Waals surface area contributed by atoms with Gasteiger partial charge in [-0.3, -0.25) is 9.59 Å². The van der Waals surface area contributed by atoms with Crippen LogP contribution in [-0.2, 0) is 57.2 Å². The molecule has 0 amide bonds. The maximum atomic E-state index is 11.4. The molecule has 14 heteroatoms. The molecule has 5 N–H and O–H groups in total. The number of nitrogens with zero attached hydrogens (tertiary/aromatic N) is 2. The van der Waals surface area contributed by atoms with Gasteiger partial charge in [0.05, 0.1) is 5.56 Å². The molecule has 0 aliphatic heterocycles. The predicted molar refractivity (Wildman–Crippen MR) is 123 cm³/mol. The molecule has 0 aliphatic carbocycles. The molecule has 2 aromatic rings. The zero-order valence-corrected chi connectivity index (χ0v) is 21.5. The molecule has 0 heterocycles. The number of aliphatic carboxylic acids is 2. The van der Waals surface area contributed by atoms with Crippen molar-refractivity contribution < 1.29 is 62.3 Å². The third kappa shape index (κ3) is 9.43. The van der Waals surface area contributed by atoms with E-state index in [-0.39, 0.29) is 47.1 Å². The summed E-state index contributed by atoms with van der Waals surface area (Å²) in [5, 5.41) is 46.2. The number of anilines is 2. The van der Waals surface area contributed by atoms with E-state index in [1.54, 1.807) is 0 Å². The van der Waals surface area contributed by atoms with E-state index in [4.69, 9.17) is 33.9 Å². The van der Waals surface area contributed by atoms with Gasteiger partial charge in [-0.05, 0) is 24.6 Å². The molecule has 35 heavy (non-hydrogen) atoms. The molecule has 0 saturated heterocycles. The van der Waals surface area contributed by atoms with Gasteiger partial charge in [-0.25, -0.2) is 4.79 Å². The number of carboxylic acid groups (broad SMARTS) is 3. The topological polar surface area (TPSA) is 176 Å². The second-order valence-corrected chi connectivity index (χ2v) is 7.95. The molecule has 2 rings (SSSR count). The number of carboxylic acids is 3. The fourth-order valence-electron chi connectivity index (χ4n) is 3.21. The Morgan fingerprint density at radius 3 is 1.63 bits per heavy atom. The summed E-state index contributed by atoms with van der Waals surface area (Å²) in [6.07, 6.45) is -1.38. The van der Waals surface area contributed by atoms with Gasteiger partial charge in [-0.15, -0.1) is 0 Å². The Morgan fingerprint density at radius 2 is 1.26 bits per heavy atom. The number of rotatable bonds is 12. The van der Waals surface area contributed by atoms with Crippen LogP contribution in [0.15, 0.2) is 46.2 Å². The van der Waals surface area contributed by atoms with Crippen LogP contribution in [0.2, 0.25) is 0 Å². The van der Waals surface area contributed by atoms with Crippen molar-refractivity contribution in [1.82, 2.24) is 0 Å². The molecule has 0 saturated carbocycles. The Balaban J connectivity index is 0.00000298. The van der Waals surface area contributed by atoms with Crippen LogP contribution in [0.1, 0.15) is 28.6 Å². The van der Waals surface area contributed by atoms with Gasteiger partial charge in [0.15, 0.2) is 6.29 Å². The first kappa shape index (κ1) is 30.3. The van der Waals surface area contributed by atoms with E-state index in [9.17, 15) is 34.8 Å². The van der Waals surface area contributed by atoms with Crippen molar-refractivity contribution in [2.75, 3.05) is 36.0 Å². The van der Waals surface area contributed by atoms with Crippen molar-refractivity contribution in [1.29, 1.82) is 0 Å². The number of hydrogen-bond acceptors (Lipinski definition) is 10. The molecule has 0 unspecified atom stereocenters. The van der Waals surface area contributed by atoms with E-state index < -0.39 is 24.2 Å². The van der Waals surface area contributed by atoms with Crippen LogP contribution in [0.5, 0.6) is 0 Å². The second kappa shape index (κ2) is 14.6. The fourth-order valence-corrected chi connectivity index (χ4v) is 3.87. The normalized spacial score (nSPS) is 10.3. The quantitative estimate of drug-likeness (QED) is 0.170. The van der Waals surface area contributed by atoms with E-state index in [0.717, 1.165) is 18.9 Å². The van der Waals surface area contributed by atoms with Crippen molar-refractivity contribution in [2.45, 2.75) is 22.5 Å². The summed E-state index contributed by atoms with van der Waals surface area (Å²) in [6, 6.07) is 8.35. The first-order chi connectivity index (χ1) is 16.5. The average molecular weight is 609 g/mol. The van der Waals surface area contributed by atoms with Crippen LogP contribution in [0.25, 0.3) is 0 Å². The molecule has 0 spiro atoms. The van der Waals surface area contributed by atoms with Crippen LogP contribution < -0.4 is 9.80 Å². The molecule has 0 bridgehead atoms. The summed E-state index contributed by atoms with van der Waals surface area (Å²) in [5.41, 5.74) is 0.958. The first-order valence-electron chi connectivity index (χ1n) is 9.80. The fraction of sp³-hybridized carbons (Fsp3) is 0.286. The van der Waals surface area contributed by atoms with Gasteiger partial charge >= 0.3 is 40.3 Å². The van der Waals surface area contributed by atoms with Gasteiger partial charge in [0.2, 0.25) is 0 Å². The van der Waals surface area contributed by atoms with Crippen molar-refractivity contribution in [2.24, 2.45) is 0 Å². The van der Waals surface area contributed by atoms with Crippen molar-refractivity contribution in [3.05, 3.63) is 47.5 Å². The summed E-state index contributed by atoms with van der Waals surface area (Å²) in [7, 11) is 0. The van der Waals surface area contributed by atoms with Crippen molar-refractivity contribution >= 4 is 54.5 Å². The zero-order valence-electron chi connectivity index (χ0n) is 18.0. The van der Waals surface area contributed by atoms with E-state index in [0.29, 0.717) is 17.8 Å². The van der Waals surface area contributed by atoms with Crippen LogP contribution >= 0.6 is 0 Å². The van der Waals surface area contributed by atoms with Crippen molar-refractivity contribution in [3.8, 4) is 0 Å². The molecule has 0 fully saturated rings. The summed E-state index contributed by atoms with van der Waals surface area (Å²) < 4.78 is 8.22. The molecule has 0 aliphatic rings. The number of aliphatic hydroxyl groups excluding tert-OH is 1. The Morgan fingerprint density at radius 1 is 0.800 bits per heavy atom. The van der Waals surface area contributed by atoms with Gasteiger partial charge in [-0.2, -0.15) is 9.79 Å². The third-order valence-electron chi connectivity index (χ3n) is 4.68. The summed E-state index contributed by atoms with van der Waals surface area (Å²) >= 11 is 11.4. The summed E-state index contributed by atoms with van der Waals surface area (Å²) in [6.45, 7) is -0.362. The third-order valence-corrected chi connectivity index (χ3v) is 5.33. The minimum atomic E-state index is -1.71. The number of hydrogen-bond donors (Lipinski definition) is 5. The molecule has 187 valence electrons. The maximum absolute atomic E-state index is 11.4. The SMILES string of the molecule is O=C(O)CN(CCCN(CC(=O)O)c1ccc(C(O)O)cc1[S-])c1ccc(C(=O)O)cc1[S-].[O]=[Tc+4]. The van der Waals surface area contributed by atoms with Crippen LogP contribution in [0.4, 0.5) is 11.4 Å². The minimum absolute atomic E-state index is 0.0129. The Labute approximate surface area is 222 Å². The van der Waals surface area contributed by atoms with E-state index in [1.807, 2.05) is 0 Å². The average Bonchev–Trinajstić information content (AvgIpc) is 2.78. The van der Waals surface area contributed by atoms with E-state index >= 15 is 0 Å². The number of aliphatic hydroxyl groups is 2. The first-order valence-corrected chi connectivity index (χ1v) is 11.4.